The number of rotatable bonds is 5. The Hall–Kier alpha value is -0.860. The van der Waals surface area contributed by atoms with E-state index in [0.29, 0.717) is 0 Å². The molecule has 0 aliphatic heterocycles. The largest absolute Gasteiger partial charge is 0.387 e. The molecule has 106 valence electrons. The Labute approximate surface area is 117 Å². The molecule has 1 aliphatic carbocycles. The van der Waals surface area contributed by atoms with Crippen molar-refractivity contribution in [1.29, 1.82) is 0 Å². The molecule has 2 rings (SSSR count). The van der Waals surface area contributed by atoms with Crippen LogP contribution in [0.1, 0.15) is 49.8 Å². The first-order chi connectivity index (χ1) is 9.08. The van der Waals surface area contributed by atoms with Crippen LogP contribution in [0.3, 0.4) is 0 Å². The summed E-state index contributed by atoms with van der Waals surface area (Å²) in [4.78, 5) is 2.32. The van der Waals surface area contributed by atoms with Crippen LogP contribution in [0.4, 0.5) is 0 Å². The Kier molecular flexibility index (Phi) is 5.00. The molecule has 0 amide bonds. The smallest absolute Gasteiger partial charge is 0.0942 e. The number of aliphatic hydroxyl groups excluding tert-OH is 1. The second-order valence-corrected chi connectivity index (χ2v) is 6.19. The molecular weight excluding hydrogens is 234 g/mol. The summed E-state index contributed by atoms with van der Waals surface area (Å²) in [6, 6.07) is 8.40. The summed E-state index contributed by atoms with van der Waals surface area (Å²) in [5.41, 5.74) is 2.26. The molecule has 0 aromatic heterocycles. The van der Waals surface area contributed by atoms with E-state index >= 15 is 0 Å². The standard InChI is InChI=1S/C17H27NO/c1-13-8-10-16(11-9-13)17(19)14(2)18(3)12-15-6-4-5-7-15/h8-11,14-15,17,19H,4-7,12H2,1-3H3. The van der Waals surface area contributed by atoms with Gasteiger partial charge in [-0.05, 0) is 45.2 Å². The van der Waals surface area contributed by atoms with Crippen LogP contribution in [-0.2, 0) is 0 Å². The van der Waals surface area contributed by atoms with Gasteiger partial charge >= 0.3 is 0 Å². The highest BCUT2D eigenvalue weighted by molar-refractivity contribution is 5.23. The maximum absolute atomic E-state index is 10.5. The van der Waals surface area contributed by atoms with Gasteiger partial charge in [0.1, 0.15) is 0 Å². The quantitative estimate of drug-likeness (QED) is 0.876. The SMILES string of the molecule is Cc1ccc(C(O)C(C)N(C)CC2CCCC2)cc1. The molecule has 0 saturated heterocycles. The summed E-state index contributed by atoms with van der Waals surface area (Å²) in [7, 11) is 2.14. The highest BCUT2D eigenvalue weighted by atomic mass is 16.3. The lowest BCUT2D eigenvalue weighted by atomic mass is 10.00. The fourth-order valence-corrected chi connectivity index (χ4v) is 3.05. The van der Waals surface area contributed by atoms with Gasteiger partial charge in [0.2, 0.25) is 0 Å². The molecule has 2 atom stereocenters. The molecule has 0 heterocycles. The van der Waals surface area contributed by atoms with Gasteiger partial charge in [0.15, 0.2) is 0 Å². The summed E-state index contributed by atoms with van der Waals surface area (Å²) in [6.45, 7) is 5.31. The number of aryl methyl sites for hydroxylation is 1. The number of hydrogen-bond donors (Lipinski definition) is 1. The van der Waals surface area contributed by atoms with E-state index in [2.05, 4.69) is 37.9 Å². The molecule has 1 fully saturated rings. The van der Waals surface area contributed by atoms with Gasteiger partial charge in [-0.25, -0.2) is 0 Å². The Morgan fingerprint density at radius 1 is 1.21 bits per heavy atom. The van der Waals surface area contributed by atoms with E-state index in [-0.39, 0.29) is 6.04 Å². The molecule has 2 unspecified atom stereocenters. The first-order valence-electron chi connectivity index (χ1n) is 7.53. The molecule has 1 aromatic rings. The monoisotopic (exact) mass is 261 g/mol. The predicted molar refractivity (Wildman–Crippen MR) is 80.2 cm³/mol. The van der Waals surface area contributed by atoms with Gasteiger partial charge in [0.25, 0.3) is 0 Å². The Morgan fingerprint density at radius 3 is 2.37 bits per heavy atom. The number of nitrogens with zero attached hydrogens (tertiary/aromatic N) is 1. The summed E-state index contributed by atoms with van der Waals surface area (Å²) in [6.07, 6.45) is 5.09. The topological polar surface area (TPSA) is 23.5 Å². The van der Waals surface area contributed by atoms with Crippen LogP contribution in [0.2, 0.25) is 0 Å². The average molecular weight is 261 g/mol. The van der Waals surface area contributed by atoms with E-state index < -0.39 is 6.10 Å². The number of hydrogen-bond acceptors (Lipinski definition) is 2. The van der Waals surface area contributed by atoms with Gasteiger partial charge in [-0.15, -0.1) is 0 Å². The van der Waals surface area contributed by atoms with Gasteiger partial charge in [0.05, 0.1) is 6.10 Å². The van der Waals surface area contributed by atoms with Crippen molar-refractivity contribution in [1.82, 2.24) is 4.90 Å². The zero-order valence-corrected chi connectivity index (χ0v) is 12.5. The van der Waals surface area contributed by atoms with Crippen LogP contribution in [-0.4, -0.2) is 29.6 Å². The molecule has 1 aromatic carbocycles. The van der Waals surface area contributed by atoms with E-state index in [9.17, 15) is 5.11 Å². The molecule has 2 nitrogen and oxygen atoms in total. The van der Waals surface area contributed by atoms with Gasteiger partial charge in [0, 0.05) is 12.6 Å². The fourth-order valence-electron chi connectivity index (χ4n) is 3.05. The molecule has 1 N–H and O–H groups in total. The van der Waals surface area contributed by atoms with Crippen molar-refractivity contribution in [2.75, 3.05) is 13.6 Å². The normalized spacial score (nSPS) is 19.8. The number of likely N-dealkylation sites (N-methyl/N-ethyl adjacent to an activating group) is 1. The fraction of sp³-hybridized carbons (Fsp3) is 0.647. The van der Waals surface area contributed by atoms with Gasteiger partial charge in [-0.3, -0.25) is 0 Å². The van der Waals surface area contributed by atoms with Gasteiger partial charge < -0.3 is 10.0 Å². The lowest BCUT2D eigenvalue weighted by molar-refractivity contribution is 0.0646. The third-order valence-corrected chi connectivity index (χ3v) is 4.59. The second-order valence-electron chi connectivity index (χ2n) is 6.19. The number of benzene rings is 1. The molecule has 1 aliphatic rings. The van der Waals surface area contributed by atoms with E-state index in [1.807, 2.05) is 12.1 Å². The van der Waals surface area contributed by atoms with Gasteiger partial charge in [-0.1, -0.05) is 42.7 Å². The first kappa shape index (κ1) is 14.5. The third-order valence-electron chi connectivity index (χ3n) is 4.59. The molecule has 1 saturated carbocycles. The minimum Gasteiger partial charge on any atom is -0.387 e. The van der Waals surface area contributed by atoms with Crippen molar-refractivity contribution >= 4 is 0 Å². The summed E-state index contributed by atoms with van der Waals surface area (Å²) in [5.74, 6) is 0.831. The Balaban J connectivity index is 1.93. The molecule has 2 heteroatoms. The lowest BCUT2D eigenvalue weighted by Gasteiger charge is -2.31. The van der Waals surface area contributed by atoms with Crippen LogP contribution in [0.25, 0.3) is 0 Å². The summed E-state index contributed by atoms with van der Waals surface area (Å²) < 4.78 is 0. The van der Waals surface area contributed by atoms with E-state index in [0.717, 1.165) is 18.0 Å². The highest BCUT2D eigenvalue weighted by Gasteiger charge is 2.24. The van der Waals surface area contributed by atoms with Crippen molar-refractivity contribution in [2.24, 2.45) is 5.92 Å². The van der Waals surface area contributed by atoms with Crippen molar-refractivity contribution in [2.45, 2.75) is 51.7 Å². The zero-order valence-electron chi connectivity index (χ0n) is 12.5. The average Bonchev–Trinajstić information content (AvgIpc) is 2.90. The molecule has 0 spiro atoms. The maximum Gasteiger partial charge on any atom is 0.0942 e. The summed E-state index contributed by atoms with van der Waals surface area (Å²) in [5, 5.41) is 10.5. The van der Waals surface area contributed by atoms with E-state index in [1.54, 1.807) is 0 Å². The van der Waals surface area contributed by atoms with Gasteiger partial charge in [-0.2, -0.15) is 0 Å². The summed E-state index contributed by atoms with van der Waals surface area (Å²) >= 11 is 0. The molecular formula is C17H27NO. The third kappa shape index (κ3) is 3.80. The Bertz CT molecular complexity index is 381. The molecule has 0 radical (unpaired) electrons. The van der Waals surface area contributed by atoms with Crippen molar-refractivity contribution in [3.8, 4) is 0 Å². The minimum atomic E-state index is -0.396. The maximum atomic E-state index is 10.5. The lowest BCUT2D eigenvalue weighted by Crippen LogP contribution is -2.37. The Morgan fingerprint density at radius 2 is 1.79 bits per heavy atom. The van der Waals surface area contributed by atoms with E-state index in [1.165, 1.54) is 31.2 Å². The van der Waals surface area contributed by atoms with Crippen LogP contribution < -0.4 is 0 Å². The predicted octanol–water partition coefficient (Wildman–Crippen LogP) is 3.54. The highest BCUT2D eigenvalue weighted by Crippen LogP contribution is 2.27. The van der Waals surface area contributed by atoms with Crippen molar-refractivity contribution < 1.29 is 5.11 Å². The molecule has 0 bridgehead atoms. The van der Waals surface area contributed by atoms with Crippen molar-refractivity contribution in [3.05, 3.63) is 35.4 Å². The second kappa shape index (κ2) is 6.53. The zero-order chi connectivity index (χ0) is 13.8. The first-order valence-corrected chi connectivity index (χ1v) is 7.53. The van der Waals surface area contributed by atoms with Crippen molar-refractivity contribution in [3.63, 3.8) is 0 Å². The van der Waals surface area contributed by atoms with Crippen LogP contribution in [0, 0.1) is 12.8 Å². The molecule has 19 heavy (non-hydrogen) atoms. The van der Waals surface area contributed by atoms with Crippen LogP contribution in [0.15, 0.2) is 24.3 Å². The minimum absolute atomic E-state index is 0.170. The van der Waals surface area contributed by atoms with E-state index in [4.69, 9.17) is 0 Å². The van der Waals surface area contributed by atoms with Crippen LogP contribution in [0.5, 0.6) is 0 Å². The van der Waals surface area contributed by atoms with Crippen LogP contribution >= 0.6 is 0 Å². The number of aliphatic hydroxyl groups is 1.